The second-order valence-corrected chi connectivity index (χ2v) is 4.71. The third-order valence-electron chi connectivity index (χ3n) is 2.97. The molecule has 18 heavy (non-hydrogen) atoms. The smallest absolute Gasteiger partial charge is 0.213 e. The molecule has 0 saturated carbocycles. The molecule has 0 amide bonds. The van der Waals surface area contributed by atoms with Crippen molar-refractivity contribution in [2.45, 2.75) is 32.7 Å². The van der Waals surface area contributed by atoms with Crippen LogP contribution in [0.5, 0.6) is 5.88 Å². The first kappa shape index (κ1) is 12.9. The Labute approximate surface area is 108 Å². The van der Waals surface area contributed by atoms with Gasteiger partial charge in [0.2, 0.25) is 5.88 Å². The molecule has 1 aromatic rings. The molecule has 1 aliphatic heterocycles. The maximum absolute atomic E-state index is 5.97. The number of hydrogen-bond donors (Lipinski definition) is 2. The highest BCUT2D eigenvalue weighted by Crippen LogP contribution is 2.24. The average Bonchev–Trinajstić information content (AvgIpc) is 2.38. The summed E-state index contributed by atoms with van der Waals surface area (Å²) in [5.74, 6) is 0.692. The zero-order chi connectivity index (χ0) is 13.0. The normalized spacial score (nSPS) is 19.1. The van der Waals surface area contributed by atoms with Crippen molar-refractivity contribution in [1.29, 1.82) is 0 Å². The highest BCUT2D eigenvalue weighted by Gasteiger charge is 2.16. The molecule has 0 saturated heterocycles. The number of ether oxygens (including phenoxy) is 1. The lowest BCUT2D eigenvalue weighted by atomic mass is 9.99. The predicted molar refractivity (Wildman–Crippen MR) is 73.3 cm³/mol. The minimum absolute atomic E-state index is 0.159. The number of nitrogens with one attached hydrogen (secondary N) is 1. The van der Waals surface area contributed by atoms with E-state index in [0.29, 0.717) is 12.5 Å². The van der Waals surface area contributed by atoms with Crippen molar-refractivity contribution in [2.24, 2.45) is 5.73 Å². The number of nitrogens with zero attached hydrogens (tertiary/aromatic N) is 1. The van der Waals surface area contributed by atoms with Crippen LogP contribution in [0.4, 0.5) is 0 Å². The second kappa shape index (κ2) is 5.87. The molecule has 1 aliphatic rings. The third kappa shape index (κ3) is 3.01. The largest absolute Gasteiger partial charge is 0.478 e. The molecule has 4 nitrogen and oxygen atoms in total. The van der Waals surface area contributed by atoms with E-state index in [1.54, 1.807) is 0 Å². The van der Waals surface area contributed by atoms with Crippen LogP contribution >= 0.6 is 0 Å². The molecule has 3 N–H and O–H groups in total. The molecule has 0 aromatic carbocycles. The molecule has 1 unspecified atom stereocenters. The summed E-state index contributed by atoms with van der Waals surface area (Å²) in [4.78, 5) is 4.58. The van der Waals surface area contributed by atoms with Crippen LogP contribution in [0.3, 0.4) is 0 Å². The fourth-order valence-electron chi connectivity index (χ4n) is 2.04. The summed E-state index contributed by atoms with van der Waals surface area (Å²) in [6, 6.07) is 4.13. The summed E-state index contributed by atoms with van der Waals surface area (Å²) in [5.41, 5.74) is 9.27. The van der Waals surface area contributed by atoms with Crippen LogP contribution < -0.4 is 15.8 Å². The van der Waals surface area contributed by atoms with Gasteiger partial charge >= 0.3 is 0 Å². The zero-order valence-corrected chi connectivity index (χ0v) is 11.1. The molecule has 2 heterocycles. The molecule has 4 heteroatoms. The van der Waals surface area contributed by atoms with Crippen molar-refractivity contribution >= 4 is 5.57 Å². The molecule has 0 bridgehead atoms. The number of nitrogens with two attached hydrogens (primary N) is 1. The molecule has 2 rings (SSSR count). The quantitative estimate of drug-likeness (QED) is 0.852. The lowest BCUT2D eigenvalue weighted by Gasteiger charge is -2.21. The Hall–Kier alpha value is -1.55. The van der Waals surface area contributed by atoms with Crippen LogP contribution in [-0.2, 0) is 0 Å². The highest BCUT2D eigenvalue weighted by atomic mass is 16.5. The minimum atomic E-state index is 0.159. The summed E-state index contributed by atoms with van der Waals surface area (Å²) in [6.07, 6.45) is 3.86. The first-order valence-corrected chi connectivity index (χ1v) is 6.49. The van der Waals surface area contributed by atoms with Crippen LogP contribution in [-0.4, -0.2) is 24.2 Å². The molecular weight excluding hydrogens is 226 g/mol. The summed E-state index contributed by atoms with van der Waals surface area (Å²) in [6.45, 7) is 5.68. The first-order chi connectivity index (χ1) is 8.70. The van der Waals surface area contributed by atoms with Gasteiger partial charge in [-0.2, -0.15) is 0 Å². The van der Waals surface area contributed by atoms with Gasteiger partial charge in [0, 0.05) is 24.9 Å². The Morgan fingerprint density at radius 3 is 3.06 bits per heavy atom. The molecular formula is C14H21N3O. The van der Waals surface area contributed by atoms with Crippen LogP contribution in [0.15, 0.2) is 18.3 Å². The standard InChI is InChI=1S/C14H21N3O/c1-3-6-18-13-5-4-10(2)14(17-13)11-7-12(15)9-16-8-11/h4-5,8,12,16H,3,6-7,9,15H2,1-2H3. The molecule has 1 aromatic heterocycles. The molecule has 0 spiro atoms. The van der Waals surface area contributed by atoms with Gasteiger partial charge in [-0.1, -0.05) is 13.0 Å². The van der Waals surface area contributed by atoms with Crippen molar-refractivity contribution in [1.82, 2.24) is 10.3 Å². The Morgan fingerprint density at radius 1 is 1.50 bits per heavy atom. The minimum Gasteiger partial charge on any atom is -0.478 e. The summed E-state index contributed by atoms with van der Waals surface area (Å²) < 4.78 is 5.58. The van der Waals surface area contributed by atoms with Crippen molar-refractivity contribution in [3.8, 4) is 5.88 Å². The Morgan fingerprint density at radius 2 is 2.33 bits per heavy atom. The van der Waals surface area contributed by atoms with E-state index in [4.69, 9.17) is 10.5 Å². The molecule has 0 fully saturated rings. The molecule has 0 aliphatic carbocycles. The van der Waals surface area contributed by atoms with Gasteiger partial charge in [-0.3, -0.25) is 0 Å². The summed E-state index contributed by atoms with van der Waals surface area (Å²) >= 11 is 0. The number of aromatic nitrogens is 1. The van der Waals surface area contributed by atoms with Gasteiger partial charge in [-0.05, 0) is 30.9 Å². The number of aryl methyl sites for hydroxylation is 1. The fourth-order valence-corrected chi connectivity index (χ4v) is 2.04. The SMILES string of the molecule is CCCOc1ccc(C)c(C2=CNCC(N)C2)n1. The molecule has 1 atom stereocenters. The Bertz CT molecular complexity index is 443. The van der Waals surface area contributed by atoms with Crippen molar-refractivity contribution in [2.75, 3.05) is 13.2 Å². The third-order valence-corrected chi connectivity index (χ3v) is 2.97. The summed E-state index contributed by atoms with van der Waals surface area (Å²) in [5, 5.41) is 3.21. The average molecular weight is 247 g/mol. The van der Waals surface area contributed by atoms with E-state index in [1.165, 1.54) is 0 Å². The van der Waals surface area contributed by atoms with Gasteiger partial charge in [-0.15, -0.1) is 0 Å². The topological polar surface area (TPSA) is 60.2 Å². The van der Waals surface area contributed by atoms with E-state index >= 15 is 0 Å². The number of rotatable bonds is 4. The van der Waals surface area contributed by atoms with Gasteiger partial charge < -0.3 is 15.8 Å². The summed E-state index contributed by atoms with van der Waals surface area (Å²) in [7, 11) is 0. The maximum Gasteiger partial charge on any atom is 0.213 e. The fraction of sp³-hybridized carbons (Fsp3) is 0.500. The predicted octanol–water partition coefficient (Wildman–Crippen LogP) is 1.84. The number of pyridine rings is 1. The van der Waals surface area contributed by atoms with E-state index in [1.807, 2.05) is 18.3 Å². The zero-order valence-electron chi connectivity index (χ0n) is 11.1. The van der Waals surface area contributed by atoms with Crippen LogP contribution in [0, 0.1) is 6.92 Å². The van der Waals surface area contributed by atoms with Crippen molar-refractivity contribution in [3.05, 3.63) is 29.6 Å². The van der Waals surface area contributed by atoms with E-state index < -0.39 is 0 Å². The first-order valence-electron chi connectivity index (χ1n) is 6.49. The number of hydrogen-bond acceptors (Lipinski definition) is 4. The van der Waals surface area contributed by atoms with E-state index in [-0.39, 0.29) is 6.04 Å². The van der Waals surface area contributed by atoms with Gasteiger partial charge in [0.25, 0.3) is 0 Å². The Balaban J connectivity index is 2.23. The second-order valence-electron chi connectivity index (χ2n) is 4.71. The lowest BCUT2D eigenvalue weighted by molar-refractivity contribution is 0.305. The maximum atomic E-state index is 5.97. The monoisotopic (exact) mass is 247 g/mol. The van der Waals surface area contributed by atoms with E-state index in [2.05, 4.69) is 24.1 Å². The van der Waals surface area contributed by atoms with Crippen molar-refractivity contribution < 1.29 is 4.74 Å². The van der Waals surface area contributed by atoms with E-state index in [9.17, 15) is 0 Å². The lowest BCUT2D eigenvalue weighted by Crippen LogP contribution is -2.35. The van der Waals surface area contributed by atoms with Gasteiger partial charge in [0.15, 0.2) is 0 Å². The van der Waals surface area contributed by atoms with E-state index in [0.717, 1.165) is 36.2 Å². The molecule has 98 valence electrons. The van der Waals surface area contributed by atoms with Gasteiger partial charge in [0.1, 0.15) is 0 Å². The highest BCUT2D eigenvalue weighted by molar-refractivity contribution is 5.66. The van der Waals surface area contributed by atoms with Crippen LogP contribution in [0.25, 0.3) is 5.57 Å². The Kier molecular flexibility index (Phi) is 4.20. The van der Waals surface area contributed by atoms with Crippen LogP contribution in [0.2, 0.25) is 0 Å². The van der Waals surface area contributed by atoms with Gasteiger partial charge in [0.05, 0.1) is 12.3 Å². The van der Waals surface area contributed by atoms with Crippen molar-refractivity contribution in [3.63, 3.8) is 0 Å². The van der Waals surface area contributed by atoms with Crippen LogP contribution in [0.1, 0.15) is 31.0 Å². The van der Waals surface area contributed by atoms with Gasteiger partial charge in [-0.25, -0.2) is 4.98 Å². The molecule has 0 radical (unpaired) electrons.